The highest BCUT2D eigenvalue weighted by Crippen LogP contribution is 2.16. The van der Waals surface area contributed by atoms with E-state index in [1.807, 2.05) is 31.2 Å². The number of aliphatic hydroxyl groups excluding tert-OH is 1. The highest BCUT2D eigenvalue weighted by atomic mass is 16.5. The smallest absolute Gasteiger partial charge is 0.122 e. The molecule has 1 aromatic carbocycles. The van der Waals surface area contributed by atoms with E-state index in [0.29, 0.717) is 19.3 Å². The van der Waals surface area contributed by atoms with Crippen LogP contribution in [0.2, 0.25) is 0 Å². The van der Waals surface area contributed by atoms with Crippen molar-refractivity contribution in [1.29, 1.82) is 0 Å². The molecule has 0 aromatic heterocycles. The predicted octanol–water partition coefficient (Wildman–Crippen LogP) is 2.24. The number of nitrogens with zero attached hydrogens (tertiary/aromatic N) is 1. The van der Waals surface area contributed by atoms with E-state index in [-0.39, 0.29) is 0 Å². The number of ether oxygens (including phenoxy) is 2. The second-order valence-electron chi connectivity index (χ2n) is 5.77. The summed E-state index contributed by atoms with van der Waals surface area (Å²) in [7, 11) is 0. The van der Waals surface area contributed by atoms with Crippen LogP contribution >= 0.6 is 0 Å². The first-order chi connectivity index (χ1) is 10.2. The monoisotopic (exact) mass is 293 g/mol. The van der Waals surface area contributed by atoms with Gasteiger partial charge in [-0.05, 0) is 25.0 Å². The van der Waals surface area contributed by atoms with Gasteiger partial charge in [-0.25, -0.2) is 0 Å². The van der Waals surface area contributed by atoms with Crippen LogP contribution in [-0.2, 0) is 4.74 Å². The molecule has 118 valence electrons. The van der Waals surface area contributed by atoms with Gasteiger partial charge in [-0.1, -0.05) is 31.5 Å². The molecule has 0 aliphatic carbocycles. The number of hydrogen-bond donors (Lipinski definition) is 1. The lowest BCUT2D eigenvalue weighted by atomic mass is 10.1. The molecule has 1 aliphatic rings. The summed E-state index contributed by atoms with van der Waals surface area (Å²) in [5.74, 6) is 0.849. The average molecular weight is 293 g/mol. The number of morpholine rings is 1. The van der Waals surface area contributed by atoms with Crippen molar-refractivity contribution in [2.24, 2.45) is 0 Å². The molecule has 2 atom stereocenters. The molecular formula is C17H27NO3. The summed E-state index contributed by atoms with van der Waals surface area (Å²) in [4.78, 5) is 2.27. The summed E-state index contributed by atoms with van der Waals surface area (Å²) in [6.07, 6.45) is 2.07. The van der Waals surface area contributed by atoms with Gasteiger partial charge < -0.3 is 14.6 Å². The zero-order valence-electron chi connectivity index (χ0n) is 13.1. The SMILES string of the molecule is CCCC1CN(CC(O)COc2ccccc2C)CCO1. The summed E-state index contributed by atoms with van der Waals surface area (Å²) < 4.78 is 11.4. The fraction of sp³-hybridized carbons (Fsp3) is 0.647. The van der Waals surface area contributed by atoms with E-state index in [1.54, 1.807) is 0 Å². The average Bonchev–Trinajstić information content (AvgIpc) is 2.47. The molecule has 4 heteroatoms. The van der Waals surface area contributed by atoms with Crippen LogP contribution < -0.4 is 4.74 Å². The zero-order chi connectivity index (χ0) is 15.1. The fourth-order valence-electron chi connectivity index (χ4n) is 2.70. The molecule has 0 amide bonds. The van der Waals surface area contributed by atoms with Crippen molar-refractivity contribution >= 4 is 0 Å². The molecule has 1 fully saturated rings. The van der Waals surface area contributed by atoms with E-state index in [4.69, 9.17) is 9.47 Å². The van der Waals surface area contributed by atoms with E-state index in [2.05, 4.69) is 11.8 Å². The number of β-amino-alcohol motifs (C(OH)–C–C–N with tert-alkyl or cyclic N) is 1. The highest BCUT2D eigenvalue weighted by Gasteiger charge is 2.21. The van der Waals surface area contributed by atoms with Crippen LogP contribution in [0.1, 0.15) is 25.3 Å². The number of rotatable bonds is 7. The second-order valence-corrected chi connectivity index (χ2v) is 5.77. The standard InChI is InChI=1S/C17H27NO3/c1-3-6-16-12-18(9-10-20-16)11-15(19)13-21-17-8-5-4-7-14(17)2/h4-5,7-8,15-16,19H,3,6,9-13H2,1-2H3. The Bertz CT molecular complexity index is 422. The van der Waals surface area contributed by atoms with Gasteiger partial charge in [0.25, 0.3) is 0 Å². The molecule has 0 saturated carbocycles. The summed E-state index contributed by atoms with van der Waals surface area (Å²) in [5, 5.41) is 10.2. The van der Waals surface area contributed by atoms with E-state index in [9.17, 15) is 5.11 Å². The van der Waals surface area contributed by atoms with Gasteiger partial charge in [0.15, 0.2) is 0 Å². The maximum atomic E-state index is 10.2. The van der Waals surface area contributed by atoms with Crippen LogP contribution in [0.4, 0.5) is 0 Å². The number of hydrogen-bond acceptors (Lipinski definition) is 4. The maximum Gasteiger partial charge on any atom is 0.122 e. The first-order valence-corrected chi connectivity index (χ1v) is 7.89. The van der Waals surface area contributed by atoms with Gasteiger partial charge in [0.1, 0.15) is 18.5 Å². The van der Waals surface area contributed by atoms with Crippen LogP contribution in [0.3, 0.4) is 0 Å². The third-order valence-corrected chi connectivity index (χ3v) is 3.83. The minimum absolute atomic E-state index is 0.313. The first-order valence-electron chi connectivity index (χ1n) is 7.89. The van der Waals surface area contributed by atoms with Gasteiger partial charge in [-0.3, -0.25) is 4.90 Å². The minimum atomic E-state index is -0.468. The lowest BCUT2D eigenvalue weighted by Crippen LogP contribution is -2.46. The quantitative estimate of drug-likeness (QED) is 0.837. The Kier molecular flexibility index (Phi) is 6.49. The van der Waals surface area contributed by atoms with Gasteiger partial charge >= 0.3 is 0 Å². The van der Waals surface area contributed by atoms with E-state index >= 15 is 0 Å². The van der Waals surface area contributed by atoms with Crippen LogP contribution in [0.15, 0.2) is 24.3 Å². The summed E-state index contributed by atoms with van der Waals surface area (Å²) in [6.45, 7) is 7.73. The second kappa shape index (κ2) is 8.37. The third-order valence-electron chi connectivity index (χ3n) is 3.83. The number of aliphatic hydroxyl groups is 1. The Hall–Kier alpha value is -1.10. The van der Waals surface area contributed by atoms with Crippen LogP contribution in [-0.4, -0.2) is 55.1 Å². The van der Waals surface area contributed by atoms with Crippen molar-refractivity contribution < 1.29 is 14.6 Å². The summed E-state index contributed by atoms with van der Waals surface area (Å²) in [6, 6.07) is 7.89. The molecule has 21 heavy (non-hydrogen) atoms. The van der Waals surface area contributed by atoms with E-state index in [0.717, 1.165) is 43.9 Å². The molecule has 1 aliphatic heterocycles. The number of aryl methyl sites for hydroxylation is 1. The molecule has 1 heterocycles. The Morgan fingerprint density at radius 2 is 2.24 bits per heavy atom. The van der Waals surface area contributed by atoms with E-state index in [1.165, 1.54) is 0 Å². The zero-order valence-corrected chi connectivity index (χ0v) is 13.1. The van der Waals surface area contributed by atoms with Crippen LogP contribution in [0.5, 0.6) is 5.75 Å². The number of benzene rings is 1. The predicted molar refractivity (Wildman–Crippen MR) is 83.8 cm³/mol. The largest absolute Gasteiger partial charge is 0.491 e. The molecule has 1 saturated heterocycles. The third kappa shape index (κ3) is 5.30. The van der Waals surface area contributed by atoms with Gasteiger partial charge in [0.05, 0.1) is 12.7 Å². The van der Waals surface area contributed by atoms with Gasteiger partial charge in [-0.15, -0.1) is 0 Å². The Morgan fingerprint density at radius 3 is 3.00 bits per heavy atom. The fourth-order valence-corrected chi connectivity index (χ4v) is 2.70. The Balaban J connectivity index is 1.74. The lowest BCUT2D eigenvalue weighted by molar-refractivity contribution is -0.0474. The van der Waals surface area contributed by atoms with Gasteiger partial charge in [0, 0.05) is 19.6 Å². The Morgan fingerprint density at radius 1 is 1.43 bits per heavy atom. The van der Waals surface area contributed by atoms with Crippen LogP contribution in [0.25, 0.3) is 0 Å². The molecule has 0 bridgehead atoms. The van der Waals surface area contributed by atoms with Crippen molar-refractivity contribution in [2.45, 2.75) is 38.9 Å². The molecule has 1 aromatic rings. The number of para-hydroxylation sites is 1. The molecule has 0 radical (unpaired) electrons. The molecule has 2 unspecified atom stereocenters. The maximum absolute atomic E-state index is 10.2. The summed E-state index contributed by atoms with van der Waals surface area (Å²) in [5.41, 5.74) is 1.10. The van der Waals surface area contributed by atoms with E-state index < -0.39 is 6.10 Å². The minimum Gasteiger partial charge on any atom is -0.491 e. The van der Waals surface area contributed by atoms with Crippen LogP contribution in [0, 0.1) is 6.92 Å². The Labute approximate surface area is 127 Å². The van der Waals surface area contributed by atoms with Crippen molar-refractivity contribution in [3.05, 3.63) is 29.8 Å². The highest BCUT2D eigenvalue weighted by molar-refractivity contribution is 5.31. The molecular weight excluding hydrogens is 266 g/mol. The topological polar surface area (TPSA) is 41.9 Å². The van der Waals surface area contributed by atoms with Crippen molar-refractivity contribution in [1.82, 2.24) is 4.90 Å². The van der Waals surface area contributed by atoms with Crippen molar-refractivity contribution in [3.63, 3.8) is 0 Å². The molecule has 2 rings (SSSR count). The summed E-state index contributed by atoms with van der Waals surface area (Å²) >= 11 is 0. The normalized spacial score (nSPS) is 21.2. The molecule has 1 N–H and O–H groups in total. The van der Waals surface area contributed by atoms with Gasteiger partial charge in [0.2, 0.25) is 0 Å². The molecule has 4 nitrogen and oxygen atoms in total. The van der Waals surface area contributed by atoms with Gasteiger partial charge in [-0.2, -0.15) is 0 Å². The van der Waals surface area contributed by atoms with Crippen molar-refractivity contribution in [3.8, 4) is 5.75 Å². The molecule has 0 spiro atoms. The van der Waals surface area contributed by atoms with Crippen molar-refractivity contribution in [2.75, 3.05) is 32.8 Å². The lowest BCUT2D eigenvalue weighted by Gasteiger charge is -2.34. The first kappa shape index (κ1) is 16.3.